The summed E-state index contributed by atoms with van der Waals surface area (Å²) in [6.07, 6.45) is 0.194. The van der Waals surface area contributed by atoms with E-state index >= 15 is 0 Å². The Morgan fingerprint density at radius 1 is 1.56 bits per heavy atom. The zero-order valence-corrected chi connectivity index (χ0v) is 9.18. The molecule has 16 heavy (non-hydrogen) atoms. The first-order chi connectivity index (χ1) is 7.69. The topological polar surface area (TPSA) is 102 Å². The van der Waals surface area contributed by atoms with E-state index in [0.29, 0.717) is 12.4 Å². The van der Waals surface area contributed by atoms with Gasteiger partial charge >= 0.3 is 0 Å². The minimum Gasteiger partial charge on any atom is -0.375 e. The minimum absolute atomic E-state index is 0.194. The van der Waals surface area contributed by atoms with E-state index in [1.54, 1.807) is 6.07 Å². The lowest BCUT2D eigenvalue weighted by molar-refractivity contribution is 0.0529. The van der Waals surface area contributed by atoms with Gasteiger partial charge in [0.15, 0.2) is 0 Å². The summed E-state index contributed by atoms with van der Waals surface area (Å²) in [5.41, 5.74) is 8.07. The monoisotopic (exact) mass is 224 g/mol. The predicted octanol–water partition coefficient (Wildman–Crippen LogP) is -0.430. The molecule has 1 aliphatic heterocycles. The number of nitrogens with two attached hydrogens (primary N) is 2. The maximum atomic E-state index is 5.60. The van der Waals surface area contributed by atoms with Gasteiger partial charge in [0, 0.05) is 19.2 Å². The smallest absolute Gasteiger partial charge is 0.223 e. The largest absolute Gasteiger partial charge is 0.375 e. The van der Waals surface area contributed by atoms with Crippen LogP contribution in [0, 0.1) is 0 Å². The highest BCUT2D eigenvalue weighted by molar-refractivity contribution is 5.52. The Morgan fingerprint density at radius 3 is 3.06 bits per heavy atom. The van der Waals surface area contributed by atoms with Crippen molar-refractivity contribution in [2.24, 2.45) is 5.84 Å². The highest BCUT2D eigenvalue weighted by Crippen LogP contribution is 2.18. The highest BCUT2D eigenvalue weighted by Gasteiger charge is 2.18. The molecule has 88 valence electrons. The Hall–Kier alpha value is -1.60. The number of nitrogens with one attached hydrogen (secondary N) is 1. The van der Waals surface area contributed by atoms with Gasteiger partial charge in [-0.05, 0) is 6.92 Å². The van der Waals surface area contributed by atoms with E-state index in [9.17, 15) is 0 Å². The molecule has 1 saturated heterocycles. The molecule has 1 aliphatic rings. The lowest BCUT2D eigenvalue weighted by Crippen LogP contribution is -2.41. The lowest BCUT2D eigenvalue weighted by atomic mass is 10.3. The van der Waals surface area contributed by atoms with E-state index in [2.05, 4.69) is 20.3 Å². The van der Waals surface area contributed by atoms with Crippen LogP contribution in [0.25, 0.3) is 0 Å². The molecular weight excluding hydrogens is 208 g/mol. The molecule has 0 spiro atoms. The van der Waals surface area contributed by atoms with Crippen molar-refractivity contribution in [1.82, 2.24) is 9.97 Å². The van der Waals surface area contributed by atoms with Gasteiger partial charge in [-0.15, -0.1) is 0 Å². The Kier molecular flexibility index (Phi) is 3.07. The van der Waals surface area contributed by atoms with Crippen LogP contribution in [0.5, 0.6) is 0 Å². The number of hydrogen-bond acceptors (Lipinski definition) is 7. The molecule has 2 rings (SSSR count). The van der Waals surface area contributed by atoms with Gasteiger partial charge in [-0.1, -0.05) is 0 Å². The highest BCUT2D eigenvalue weighted by atomic mass is 16.5. The van der Waals surface area contributed by atoms with E-state index < -0.39 is 0 Å². The third-order valence-corrected chi connectivity index (χ3v) is 2.44. The number of aromatic nitrogens is 2. The van der Waals surface area contributed by atoms with Crippen LogP contribution >= 0.6 is 0 Å². The standard InChI is InChI=1S/C9H16N6O/c1-6-5-15(2-3-16-6)8-4-7(14-11)12-9(10)13-8/h4,6H,2-3,5,11H2,1H3,(H3,10,12,13,14). The number of nitrogen functional groups attached to an aromatic ring is 2. The summed E-state index contributed by atoms with van der Waals surface area (Å²) in [5, 5.41) is 0. The number of ether oxygens (including phenoxy) is 1. The molecule has 0 aliphatic carbocycles. The van der Waals surface area contributed by atoms with Crippen molar-refractivity contribution >= 4 is 17.6 Å². The molecule has 7 heteroatoms. The lowest BCUT2D eigenvalue weighted by Gasteiger charge is -2.32. The molecule has 1 unspecified atom stereocenters. The molecule has 0 radical (unpaired) electrons. The molecule has 1 aromatic rings. The summed E-state index contributed by atoms with van der Waals surface area (Å²) in [4.78, 5) is 10.2. The summed E-state index contributed by atoms with van der Waals surface area (Å²) in [6, 6.07) is 1.77. The molecule has 0 saturated carbocycles. The molecular formula is C9H16N6O. The quantitative estimate of drug-likeness (QED) is 0.462. The first-order valence-corrected chi connectivity index (χ1v) is 5.17. The van der Waals surface area contributed by atoms with Crippen molar-refractivity contribution in [1.29, 1.82) is 0 Å². The fourth-order valence-electron chi connectivity index (χ4n) is 1.72. The average molecular weight is 224 g/mol. The molecule has 0 aromatic carbocycles. The Bertz CT molecular complexity index is 371. The van der Waals surface area contributed by atoms with Gasteiger partial charge in [0.25, 0.3) is 0 Å². The number of anilines is 3. The van der Waals surface area contributed by atoms with Crippen molar-refractivity contribution in [3.05, 3.63) is 6.07 Å². The number of nitrogens with zero attached hydrogens (tertiary/aromatic N) is 3. The third kappa shape index (κ3) is 2.31. The van der Waals surface area contributed by atoms with E-state index in [1.807, 2.05) is 6.92 Å². The third-order valence-electron chi connectivity index (χ3n) is 2.44. The van der Waals surface area contributed by atoms with Crippen LogP contribution in [-0.4, -0.2) is 35.8 Å². The van der Waals surface area contributed by atoms with E-state index in [1.165, 1.54) is 0 Å². The number of morpholine rings is 1. The van der Waals surface area contributed by atoms with Crippen LogP contribution in [-0.2, 0) is 4.74 Å². The van der Waals surface area contributed by atoms with Crippen LogP contribution in [0.15, 0.2) is 6.07 Å². The van der Waals surface area contributed by atoms with Crippen LogP contribution in [0.4, 0.5) is 17.6 Å². The molecule has 1 fully saturated rings. The van der Waals surface area contributed by atoms with Crippen molar-refractivity contribution in [2.75, 3.05) is 35.8 Å². The van der Waals surface area contributed by atoms with Gasteiger partial charge in [0.1, 0.15) is 11.6 Å². The van der Waals surface area contributed by atoms with Crippen LogP contribution in [0.2, 0.25) is 0 Å². The van der Waals surface area contributed by atoms with Crippen LogP contribution in [0.1, 0.15) is 6.92 Å². The minimum atomic E-state index is 0.194. The zero-order chi connectivity index (χ0) is 11.5. The zero-order valence-electron chi connectivity index (χ0n) is 9.18. The SMILES string of the molecule is CC1CN(c2cc(NN)nc(N)n2)CCO1. The van der Waals surface area contributed by atoms with Crippen molar-refractivity contribution in [2.45, 2.75) is 13.0 Å². The maximum absolute atomic E-state index is 5.60. The predicted molar refractivity (Wildman–Crippen MR) is 61.9 cm³/mol. The van der Waals surface area contributed by atoms with Crippen molar-refractivity contribution < 1.29 is 4.74 Å². The normalized spacial score (nSPS) is 20.9. The summed E-state index contributed by atoms with van der Waals surface area (Å²) in [5.74, 6) is 6.81. The number of hydrazine groups is 1. The molecule has 2 heterocycles. The fourth-order valence-corrected chi connectivity index (χ4v) is 1.72. The second-order valence-electron chi connectivity index (χ2n) is 3.74. The van der Waals surface area contributed by atoms with Crippen molar-refractivity contribution in [3.8, 4) is 0 Å². The molecule has 0 bridgehead atoms. The molecule has 7 nitrogen and oxygen atoms in total. The Morgan fingerprint density at radius 2 is 2.38 bits per heavy atom. The Labute approximate surface area is 93.8 Å². The fraction of sp³-hybridized carbons (Fsp3) is 0.556. The van der Waals surface area contributed by atoms with Crippen molar-refractivity contribution in [3.63, 3.8) is 0 Å². The second kappa shape index (κ2) is 4.50. The first kappa shape index (κ1) is 10.9. The summed E-state index contributed by atoms with van der Waals surface area (Å²) in [7, 11) is 0. The van der Waals surface area contributed by atoms with Gasteiger partial charge in [-0.3, -0.25) is 0 Å². The average Bonchev–Trinajstić information content (AvgIpc) is 2.28. The van der Waals surface area contributed by atoms with Gasteiger partial charge in [-0.2, -0.15) is 9.97 Å². The van der Waals surface area contributed by atoms with E-state index in [0.717, 1.165) is 18.9 Å². The number of rotatable bonds is 2. The van der Waals surface area contributed by atoms with Gasteiger partial charge in [-0.25, -0.2) is 5.84 Å². The summed E-state index contributed by atoms with van der Waals surface area (Å²) >= 11 is 0. The summed E-state index contributed by atoms with van der Waals surface area (Å²) < 4.78 is 5.46. The first-order valence-electron chi connectivity index (χ1n) is 5.17. The molecule has 1 atom stereocenters. The van der Waals surface area contributed by atoms with Crippen LogP contribution in [0.3, 0.4) is 0 Å². The molecule has 5 N–H and O–H groups in total. The number of hydrogen-bond donors (Lipinski definition) is 3. The van der Waals surface area contributed by atoms with Gasteiger partial charge in [0.05, 0.1) is 12.7 Å². The Balaban J connectivity index is 2.21. The van der Waals surface area contributed by atoms with E-state index in [-0.39, 0.29) is 12.1 Å². The van der Waals surface area contributed by atoms with Gasteiger partial charge < -0.3 is 20.8 Å². The summed E-state index contributed by atoms with van der Waals surface area (Å²) in [6.45, 7) is 4.31. The molecule has 0 amide bonds. The van der Waals surface area contributed by atoms with Gasteiger partial charge in [0.2, 0.25) is 5.95 Å². The molecule has 1 aromatic heterocycles. The maximum Gasteiger partial charge on any atom is 0.223 e. The van der Waals surface area contributed by atoms with E-state index in [4.69, 9.17) is 16.3 Å². The van der Waals surface area contributed by atoms with Crippen LogP contribution < -0.4 is 21.9 Å². The second-order valence-corrected chi connectivity index (χ2v) is 3.74.